The van der Waals surface area contributed by atoms with Crippen molar-refractivity contribution in [1.82, 2.24) is 9.97 Å². The third-order valence-corrected chi connectivity index (χ3v) is 5.61. The molecule has 1 aromatic carbocycles. The number of anilines is 1. The lowest BCUT2D eigenvalue weighted by atomic mass is 10.1. The van der Waals surface area contributed by atoms with Crippen molar-refractivity contribution in [3.05, 3.63) is 47.3 Å². The Kier molecular flexibility index (Phi) is 3.91. The lowest BCUT2D eigenvalue weighted by Crippen LogP contribution is -2.30. The molecule has 0 saturated carbocycles. The fourth-order valence-corrected chi connectivity index (χ4v) is 4.23. The third-order valence-electron chi connectivity index (χ3n) is 4.54. The molecule has 0 N–H and O–H groups in total. The molecule has 3 heterocycles. The molecule has 1 aliphatic rings. The van der Waals surface area contributed by atoms with Crippen LogP contribution in [-0.2, 0) is 0 Å². The lowest BCUT2D eigenvalue weighted by Gasteiger charge is -2.28. The van der Waals surface area contributed by atoms with E-state index in [1.807, 2.05) is 37.3 Å². The molecule has 1 fully saturated rings. The van der Waals surface area contributed by atoms with E-state index in [-0.39, 0.29) is 0 Å². The monoisotopic (exact) mass is 334 g/mol. The predicted molar refractivity (Wildman–Crippen MR) is 99.9 cm³/mol. The van der Waals surface area contributed by atoms with Crippen LogP contribution in [0.3, 0.4) is 0 Å². The standard InChI is InChI=1S/C19H18N4S/c1-13-15-17(23-11-7-4-8-12-23)21-16(14-9-5-3-6-10-14)22-19(15)24-18(13)20-2/h3,5-6,9-10H,4,7-8,11-12H2,1H3. The maximum atomic E-state index is 7.42. The van der Waals surface area contributed by atoms with Crippen molar-refractivity contribution in [1.29, 1.82) is 0 Å². The Bertz CT molecular complexity index is 918. The van der Waals surface area contributed by atoms with E-state index in [1.165, 1.54) is 30.6 Å². The highest BCUT2D eigenvalue weighted by Gasteiger charge is 2.22. The molecule has 24 heavy (non-hydrogen) atoms. The van der Waals surface area contributed by atoms with Gasteiger partial charge >= 0.3 is 0 Å². The van der Waals surface area contributed by atoms with Gasteiger partial charge < -0.3 is 4.90 Å². The van der Waals surface area contributed by atoms with E-state index in [2.05, 4.69) is 9.74 Å². The van der Waals surface area contributed by atoms with Crippen LogP contribution in [-0.4, -0.2) is 23.1 Å². The average Bonchev–Trinajstić information content (AvgIpc) is 2.98. The summed E-state index contributed by atoms with van der Waals surface area (Å²) >= 11 is 1.48. The third kappa shape index (κ3) is 2.53. The van der Waals surface area contributed by atoms with Crippen molar-refractivity contribution in [3.63, 3.8) is 0 Å². The zero-order chi connectivity index (χ0) is 16.5. The number of hydrogen-bond donors (Lipinski definition) is 0. The van der Waals surface area contributed by atoms with E-state index in [1.54, 1.807) is 0 Å². The van der Waals surface area contributed by atoms with Crippen LogP contribution in [0.25, 0.3) is 26.4 Å². The van der Waals surface area contributed by atoms with E-state index < -0.39 is 0 Å². The van der Waals surface area contributed by atoms with Gasteiger partial charge in [-0.05, 0) is 31.7 Å². The van der Waals surface area contributed by atoms with Crippen LogP contribution in [0.15, 0.2) is 30.3 Å². The maximum Gasteiger partial charge on any atom is 0.246 e. The van der Waals surface area contributed by atoms with Gasteiger partial charge in [-0.1, -0.05) is 30.3 Å². The summed E-state index contributed by atoms with van der Waals surface area (Å²) in [7, 11) is 0. The van der Waals surface area contributed by atoms with Crippen molar-refractivity contribution in [2.24, 2.45) is 0 Å². The second kappa shape index (κ2) is 6.21. The number of thiophene rings is 1. The molecule has 0 spiro atoms. The first kappa shape index (κ1) is 15.1. The molecule has 4 rings (SSSR count). The van der Waals surface area contributed by atoms with Crippen LogP contribution in [0.4, 0.5) is 10.8 Å². The zero-order valence-electron chi connectivity index (χ0n) is 13.6. The van der Waals surface area contributed by atoms with E-state index in [9.17, 15) is 0 Å². The number of nitrogens with zero attached hydrogens (tertiary/aromatic N) is 4. The Balaban J connectivity index is 1.96. The van der Waals surface area contributed by atoms with Crippen molar-refractivity contribution in [2.45, 2.75) is 26.2 Å². The molecule has 4 nitrogen and oxygen atoms in total. The molecule has 0 aliphatic carbocycles. The van der Waals surface area contributed by atoms with Gasteiger partial charge in [0.25, 0.3) is 0 Å². The Morgan fingerprint density at radius 3 is 2.54 bits per heavy atom. The number of benzene rings is 1. The fourth-order valence-electron chi connectivity index (χ4n) is 3.26. The summed E-state index contributed by atoms with van der Waals surface area (Å²) in [6.45, 7) is 11.5. The Morgan fingerprint density at radius 1 is 1.08 bits per heavy atom. The minimum Gasteiger partial charge on any atom is -0.356 e. The normalized spacial score (nSPS) is 14.8. The first-order valence-corrected chi connectivity index (χ1v) is 9.08. The molecular weight excluding hydrogens is 316 g/mol. The summed E-state index contributed by atoms with van der Waals surface area (Å²) in [6, 6.07) is 10.1. The van der Waals surface area contributed by atoms with Gasteiger partial charge in [-0.2, -0.15) is 0 Å². The van der Waals surface area contributed by atoms with E-state index in [0.717, 1.165) is 51.1 Å². The van der Waals surface area contributed by atoms with Gasteiger partial charge in [-0.15, -0.1) is 11.3 Å². The van der Waals surface area contributed by atoms with Gasteiger partial charge in [-0.25, -0.2) is 14.8 Å². The molecule has 3 aromatic rings. The SMILES string of the molecule is [C-]#[N+]c1sc2nc(-c3ccccc3)nc(N3CCCCC3)c2c1C. The molecule has 1 saturated heterocycles. The quantitative estimate of drug-likeness (QED) is 0.603. The number of aromatic nitrogens is 2. The molecule has 120 valence electrons. The van der Waals surface area contributed by atoms with E-state index >= 15 is 0 Å². The topological polar surface area (TPSA) is 33.4 Å². The molecule has 0 radical (unpaired) electrons. The number of fused-ring (bicyclic) bond motifs is 1. The molecule has 0 unspecified atom stereocenters. The Morgan fingerprint density at radius 2 is 1.83 bits per heavy atom. The summed E-state index contributed by atoms with van der Waals surface area (Å²) in [6.07, 6.45) is 3.68. The molecule has 2 aromatic heterocycles. The van der Waals surface area contributed by atoms with E-state index in [0.29, 0.717) is 0 Å². The highest BCUT2D eigenvalue weighted by molar-refractivity contribution is 7.22. The smallest absolute Gasteiger partial charge is 0.246 e. The van der Waals surface area contributed by atoms with Crippen LogP contribution >= 0.6 is 11.3 Å². The highest BCUT2D eigenvalue weighted by Crippen LogP contribution is 2.41. The van der Waals surface area contributed by atoms with Crippen LogP contribution in [0.2, 0.25) is 0 Å². The summed E-state index contributed by atoms with van der Waals surface area (Å²) in [5.41, 5.74) is 2.04. The Labute approximate surface area is 145 Å². The first-order chi connectivity index (χ1) is 11.8. The number of aryl methyl sites for hydroxylation is 1. The van der Waals surface area contributed by atoms with Gasteiger partial charge in [0.15, 0.2) is 5.82 Å². The van der Waals surface area contributed by atoms with Gasteiger partial charge in [0.1, 0.15) is 10.6 Å². The maximum absolute atomic E-state index is 7.42. The summed E-state index contributed by atoms with van der Waals surface area (Å²) in [5.74, 6) is 1.75. The van der Waals surface area contributed by atoms with Crippen molar-refractivity contribution >= 4 is 32.4 Å². The van der Waals surface area contributed by atoms with Crippen LogP contribution in [0, 0.1) is 13.5 Å². The van der Waals surface area contributed by atoms with Crippen LogP contribution < -0.4 is 4.90 Å². The van der Waals surface area contributed by atoms with Gasteiger partial charge in [0.05, 0.1) is 6.57 Å². The van der Waals surface area contributed by atoms with Crippen molar-refractivity contribution < 1.29 is 0 Å². The molecular formula is C19H18N4S. The van der Waals surface area contributed by atoms with Gasteiger partial charge in [0, 0.05) is 24.0 Å². The second-order valence-corrected chi connectivity index (χ2v) is 7.09. The Hall–Kier alpha value is -2.45. The minimum atomic E-state index is 0.725. The van der Waals surface area contributed by atoms with Gasteiger partial charge in [-0.3, -0.25) is 0 Å². The highest BCUT2D eigenvalue weighted by atomic mass is 32.1. The van der Waals surface area contributed by atoms with Crippen molar-refractivity contribution in [2.75, 3.05) is 18.0 Å². The van der Waals surface area contributed by atoms with Crippen LogP contribution in [0.1, 0.15) is 24.8 Å². The average molecular weight is 334 g/mol. The van der Waals surface area contributed by atoms with Crippen molar-refractivity contribution in [3.8, 4) is 11.4 Å². The lowest BCUT2D eigenvalue weighted by molar-refractivity contribution is 0.575. The van der Waals surface area contributed by atoms with E-state index in [4.69, 9.17) is 16.5 Å². The number of rotatable bonds is 2. The molecule has 5 heteroatoms. The first-order valence-electron chi connectivity index (χ1n) is 8.27. The summed E-state index contributed by atoms with van der Waals surface area (Å²) in [4.78, 5) is 16.7. The number of hydrogen-bond acceptors (Lipinski definition) is 4. The molecule has 0 bridgehead atoms. The second-order valence-electron chi connectivity index (χ2n) is 6.11. The molecule has 0 atom stereocenters. The minimum absolute atomic E-state index is 0.725. The molecule has 0 amide bonds. The largest absolute Gasteiger partial charge is 0.356 e. The van der Waals surface area contributed by atoms with Crippen LogP contribution in [0.5, 0.6) is 0 Å². The zero-order valence-corrected chi connectivity index (χ0v) is 14.4. The predicted octanol–water partition coefficient (Wildman–Crippen LogP) is 5.21. The molecule has 1 aliphatic heterocycles. The summed E-state index contributed by atoms with van der Waals surface area (Å²) in [5, 5.41) is 1.79. The summed E-state index contributed by atoms with van der Waals surface area (Å²) < 4.78 is 0. The van der Waals surface area contributed by atoms with Gasteiger partial charge in [0.2, 0.25) is 5.00 Å². The number of piperidine rings is 1. The fraction of sp³-hybridized carbons (Fsp3) is 0.316.